The highest BCUT2D eigenvalue weighted by molar-refractivity contribution is 7.09. The molecule has 4 heteroatoms. The van der Waals surface area contributed by atoms with Crippen LogP contribution in [0.1, 0.15) is 22.7 Å². The van der Waals surface area contributed by atoms with E-state index in [0.29, 0.717) is 19.4 Å². The number of rotatable bonds is 6. The van der Waals surface area contributed by atoms with Crippen molar-refractivity contribution < 1.29 is 9.84 Å². The van der Waals surface area contributed by atoms with Crippen molar-refractivity contribution in [3.05, 3.63) is 45.9 Å². The minimum absolute atomic E-state index is 0.393. The van der Waals surface area contributed by atoms with E-state index in [1.807, 2.05) is 43.5 Å². The van der Waals surface area contributed by atoms with Gasteiger partial charge in [0.15, 0.2) is 0 Å². The maximum absolute atomic E-state index is 9.93. The summed E-state index contributed by atoms with van der Waals surface area (Å²) in [5.41, 5.74) is 2.19. The summed E-state index contributed by atoms with van der Waals surface area (Å²) in [6, 6.07) is 7.94. The summed E-state index contributed by atoms with van der Waals surface area (Å²) in [7, 11) is 0. The Kier molecular flexibility index (Phi) is 4.93. The molecule has 1 aromatic carbocycles. The van der Waals surface area contributed by atoms with Gasteiger partial charge in [-0.15, -0.1) is 11.3 Å². The molecule has 2 rings (SSSR count). The second-order valence-electron chi connectivity index (χ2n) is 4.69. The second kappa shape index (κ2) is 6.68. The number of hydrogen-bond donors (Lipinski definition) is 1. The first-order valence-corrected chi connectivity index (χ1v) is 7.30. The van der Waals surface area contributed by atoms with E-state index >= 15 is 0 Å². The van der Waals surface area contributed by atoms with E-state index in [9.17, 15) is 5.11 Å². The van der Waals surface area contributed by atoms with E-state index < -0.39 is 6.10 Å². The van der Waals surface area contributed by atoms with Gasteiger partial charge >= 0.3 is 0 Å². The van der Waals surface area contributed by atoms with Crippen molar-refractivity contribution in [3.63, 3.8) is 0 Å². The van der Waals surface area contributed by atoms with Gasteiger partial charge in [0, 0.05) is 23.9 Å². The summed E-state index contributed by atoms with van der Waals surface area (Å²) in [5, 5.41) is 12.9. The van der Waals surface area contributed by atoms with Crippen molar-refractivity contribution in [2.75, 3.05) is 6.61 Å². The highest BCUT2D eigenvalue weighted by Gasteiger charge is 2.08. The molecule has 2 aromatic rings. The zero-order valence-electron chi connectivity index (χ0n) is 11.3. The number of aliphatic hydroxyl groups excluding tert-OH is 1. The van der Waals surface area contributed by atoms with Gasteiger partial charge in [-0.2, -0.15) is 0 Å². The van der Waals surface area contributed by atoms with Crippen LogP contribution in [-0.2, 0) is 6.42 Å². The Balaban J connectivity index is 1.73. The Morgan fingerprint density at radius 2 is 2.21 bits per heavy atom. The topological polar surface area (TPSA) is 42.4 Å². The third-order valence-electron chi connectivity index (χ3n) is 2.79. The first-order valence-electron chi connectivity index (χ1n) is 6.42. The molecular weight excluding hydrogens is 258 g/mol. The molecule has 3 nitrogen and oxygen atoms in total. The Bertz CT molecular complexity index is 524. The van der Waals surface area contributed by atoms with Gasteiger partial charge in [-0.25, -0.2) is 4.98 Å². The molecule has 1 heterocycles. The van der Waals surface area contributed by atoms with Crippen LogP contribution in [0, 0.1) is 13.8 Å². The predicted octanol–water partition coefficient (Wildman–Crippen LogP) is 3.13. The minimum Gasteiger partial charge on any atom is -0.493 e. The van der Waals surface area contributed by atoms with Crippen LogP contribution in [0.5, 0.6) is 5.75 Å². The highest BCUT2D eigenvalue weighted by atomic mass is 32.1. The van der Waals surface area contributed by atoms with Crippen LogP contribution < -0.4 is 4.74 Å². The third kappa shape index (κ3) is 4.65. The molecule has 1 atom stereocenters. The number of ether oxygens (including phenoxy) is 1. The molecule has 1 unspecified atom stereocenters. The number of aromatic nitrogens is 1. The summed E-state index contributed by atoms with van der Waals surface area (Å²) >= 11 is 1.60. The summed E-state index contributed by atoms with van der Waals surface area (Å²) in [4.78, 5) is 4.35. The average molecular weight is 277 g/mol. The SMILES string of the molecule is Cc1cccc(OCCC(O)Cc2nc(C)cs2)c1. The van der Waals surface area contributed by atoms with Crippen molar-refractivity contribution in [3.8, 4) is 5.75 Å². The van der Waals surface area contributed by atoms with Crippen LogP contribution in [0.25, 0.3) is 0 Å². The lowest BCUT2D eigenvalue weighted by Gasteiger charge is -2.10. The number of thiazole rings is 1. The zero-order valence-corrected chi connectivity index (χ0v) is 12.1. The summed E-state index contributed by atoms with van der Waals surface area (Å²) in [6.07, 6.45) is 0.831. The lowest BCUT2D eigenvalue weighted by Crippen LogP contribution is -2.14. The van der Waals surface area contributed by atoms with E-state index in [2.05, 4.69) is 4.98 Å². The number of aliphatic hydroxyl groups is 1. The fourth-order valence-corrected chi connectivity index (χ4v) is 2.66. The van der Waals surface area contributed by atoms with Gasteiger partial charge in [0.2, 0.25) is 0 Å². The molecular formula is C15H19NO2S. The summed E-state index contributed by atoms with van der Waals surface area (Å²) in [6.45, 7) is 4.52. The normalized spacial score (nSPS) is 12.4. The van der Waals surface area contributed by atoms with Crippen molar-refractivity contribution >= 4 is 11.3 Å². The second-order valence-corrected chi connectivity index (χ2v) is 5.64. The lowest BCUT2D eigenvalue weighted by atomic mass is 10.2. The molecule has 1 aromatic heterocycles. The van der Waals surface area contributed by atoms with Gasteiger partial charge < -0.3 is 9.84 Å². The smallest absolute Gasteiger partial charge is 0.119 e. The van der Waals surface area contributed by atoms with Gasteiger partial charge in [-0.3, -0.25) is 0 Å². The zero-order chi connectivity index (χ0) is 13.7. The average Bonchev–Trinajstić information content (AvgIpc) is 2.75. The van der Waals surface area contributed by atoms with Crippen LogP contribution >= 0.6 is 11.3 Å². The molecule has 0 aliphatic carbocycles. The fourth-order valence-electron chi connectivity index (χ4n) is 1.82. The Labute approximate surface area is 117 Å². The highest BCUT2D eigenvalue weighted by Crippen LogP contribution is 2.15. The van der Waals surface area contributed by atoms with Crippen LogP contribution in [0.3, 0.4) is 0 Å². The van der Waals surface area contributed by atoms with Crippen molar-refractivity contribution in [2.45, 2.75) is 32.8 Å². The van der Waals surface area contributed by atoms with E-state index in [1.165, 1.54) is 5.56 Å². The number of aryl methyl sites for hydroxylation is 2. The summed E-state index contributed by atoms with van der Waals surface area (Å²) in [5.74, 6) is 0.859. The quantitative estimate of drug-likeness (QED) is 0.882. The third-order valence-corrected chi connectivity index (χ3v) is 3.78. The van der Waals surface area contributed by atoms with Gasteiger partial charge in [-0.05, 0) is 31.5 Å². The largest absolute Gasteiger partial charge is 0.493 e. The molecule has 0 amide bonds. The van der Waals surface area contributed by atoms with E-state index in [4.69, 9.17) is 4.74 Å². The number of hydrogen-bond acceptors (Lipinski definition) is 4. The van der Waals surface area contributed by atoms with Crippen LogP contribution in [0.2, 0.25) is 0 Å². The van der Waals surface area contributed by atoms with Crippen LogP contribution in [0.15, 0.2) is 29.6 Å². The Morgan fingerprint density at radius 3 is 2.89 bits per heavy atom. The fraction of sp³-hybridized carbons (Fsp3) is 0.400. The summed E-state index contributed by atoms with van der Waals surface area (Å²) < 4.78 is 5.62. The first kappa shape index (κ1) is 14.0. The predicted molar refractivity (Wildman–Crippen MR) is 77.9 cm³/mol. The first-order chi connectivity index (χ1) is 9.13. The van der Waals surface area contributed by atoms with Gasteiger partial charge in [0.05, 0.1) is 17.7 Å². The molecule has 102 valence electrons. The molecule has 0 radical (unpaired) electrons. The molecule has 19 heavy (non-hydrogen) atoms. The molecule has 0 fully saturated rings. The van der Waals surface area contributed by atoms with E-state index in [-0.39, 0.29) is 0 Å². The van der Waals surface area contributed by atoms with Gasteiger partial charge in [-0.1, -0.05) is 12.1 Å². The van der Waals surface area contributed by atoms with Crippen molar-refractivity contribution in [1.29, 1.82) is 0 Å². The molecule has 0 bridgehead atoms. The molecule has 1 N–H and O–H groups in total. The molecule has 0 spiro atoms. The number of nitrogens with zero attached hydrogens (tertiary/aromatic N) is 1. The van der Waals surface area contributed by atoms with E-state index in [0.717, 1.165) is 16.5 Å². The molecule has 0 saturated heterocycles. The minimum atomic E-state index is -0.393. The van der Waals surface area contributed by atoms with Crippen molar-refractivity contribution in [2.24, 2.45) is 0 Å². The monoisotopic (exact) mass is 277 g/mol. The van der Waals surface area contributed by atoms with Crippen LogP contribution in [0.4, 0.5) is 0 Å². The standard InChI is InChI=1S/C15H19NO2S/c1-11-4-3-5-14(8-11)18-7-6-13(17)9-15-16-12(2)10-19-15/h3-5,8,10,13,17H,6-7,9H2,1-2H3. The Hall–Kier alpha value is -1.39. The van der Waals surface area contributed by atoms with Gasteiger partial charge in [0.25, 0.3) is 0 Å². The van der Waals surface area contributed by atoms with Gasteiger partial charge in [0.1, 0.15) is 5.75 Å². The molecule has 0 aliphatic heterocycles. The molecule has 0 saturated carbocycles. The number of benzene rings is 1. The lowest BCUT2D eigenvalue weighted by molar-refractivity contribution is 0.139. The maximum Gasteiger partial charge on any atom is 0.119 e. The van der Waals surface area contributed by atoms with E-state index in [1.54, 1.807) is 11.3 Å². The Morgan fingerprint density at radius 1 is 1.37 bits per heavy atom. The van der Waals surface area contributed by atoms with Crippen molar-refractivity contribution in [1.82, 2.24) is 4.98 Å². The molecule has 0 aliphatic rings. The van der Waals surface area contributed by atoms with Crippen LogP contribution in [-0.4, -0.2) is 22.8 Å². The maximum atomic E-state index is 9.93.